The van der Waals surface area contributed by atoms with E-state index in [0.29, 0.717) is 12.8 Å². The molecule has 0 aromatic carbocycles. The molecule has 1 amide bonds. The minimum atomic E-state index is 0.102. The summed E-state index contributed by atoms with van der Waals surface area (Å²) >= 11 is 0. The van der Waals surface area contributed by atoms with Crippen LogP contribution in [0.3, 0.4) is 0 Å². The van der Waals surface area contributed by atoms with Crippen molar-refractivity contribution in [3.63, 3.8) is 0 Å². The number of nitrogens with zero attached hydrogens (tertiary/aromatic N) is 1. The number of carbonyl (C=O) groups excluding carboxylic acids is 2. The molecule has 1 aliphatic rings. The van der Waals surface area contributed by atoms with Crippen LogP contribution in [0.5, 0.6) is 0 Å². The monoisotopic (exact) mass is 225 g/mol. The number of likely N-dealkylation sites (tertiary alicyclic amines) is 1. The largest absolute Gasteiger partial charge is 0.343 e. The first kappa shape index (κ1) is 13.2. The Bertz CT molecular complexity index is 253. The zero-order chi connectivity index (χ0) is 12.1. The number of hydrogen-bond acceptors (Lipinski definition) is 2. The quantitative estimate of drug-likeness (QED) is 0.736. The molecular weight excluding hydrogens is 202 g/mol. The summed E-state index contributed by atoms with van der Waals surface area (Å²) in [7, 11) is 0. The van der Waals surface area contributed by atoms with Gasteiger partial charge in [-0.25, -0.2) is 0 Å². The molecule has 1 heterocycles. The molecule has 92 valence electrons. The maximum atomic E-state index is 11.8. The third-order valence-corrected chi connectivity index (χ3v) is 3.53. The van der Waals surface area contributed by atoms with Crippen molar-refractivity contribution in [3.8, 4) is 0 Å². The SMILES string of the molecule is CC(=O)CCC(=O)N1CCC(C(C)C)CC1. The topological polar surface area (TPSA) is 37.4 Å². The van der Waals surface area contributed by atoms with Gasteiger partial charge < -0.3 is 9.69 Å². The van der Waals surface area contributed by atoms with Crippen LogP contribution in [0, 0.1) is 11.8 Å². The Labute approximate surface area is 98.2 Å². The first-order valence-electron chi connectivity index (χ1n) is 6.28. The third kappa shape index (κ3) is 3.95. The summed E-state index contributed by atoms with van der Waals surface area (Å²) in [4.78, 5) is 24.5. The van der Waals surface area contributed by atoms with Gasteiger partial charge in [0.1, 0.15) is 5.78 Å². The summed E-state index contributed by atoms with van der Waals surface area (Å²) in [6, 6.07) is 0. The molecule has 0 saturated carbocycles. The average molecular weight is 225 g/mol. The first-order valence-corrected chi connectivity index (χ1v) is 6.28. The van der Waals surface area contributed by atoms with Crippen molar-refractivity contribution in [1.82, 2.24) is 4.90 Å². The second-order valence-corrected chi connectivity index (χ2v) is 5.16. The summed E-state index contributed by atoms with van der Waals surface area (Å²) in [6.07, 6.45) is 3.01. The summed E-state index contributed by atoms with van der Waals surface area (Å²) < 4.78 is 0. The van der Waals surface area contributed by atoms with E-state index in [9.17, 15) is 9.59 Å². The second-order valence-electron chi connectivity index (χ2n) is 5.16. The van der Waals surface area contributed by atoms with Crippen molar-refractivity contribution in [2.75, 3.05) is 13.1 Å². The fourth-order valence-corrected chi connectivity index (χ4v) is 2.26. The smallest absolute Gasteiger partial charge is 0.223 e. The maximum Gasteiger partial charge on any atom is 0.223 e. The van der Waals surface area contributed by atoms with Crippen LogP contribution < -0.4 is 0 Å². The molecule has 1 fully saturated rings. The van der Waals surface area contributed by atoms with Crippen LogP contribution in [0.25, 0.3) is 0 Å². The van der Waals surface area contributed by atoms with Crippen molar-refractivity contribution in [3.05, 3.63) is 0 Å². The Morgan fingerprint density at radius 2 is 1.75 bits per heavy atom. The Morgan fingerprint density at radius 1 is 1.19 bits per heavy atom. The standard InChI is InChI=1S/C13H23NO2/c1-10(2)12-6-8-14(9-7-12)13(16)5-4-11(3)15/h10,12H,4-9H2,1-3H3. The van der Waals surface area contributed by atoms with E-state index >= 15 is 0 Å². The molecule has 0 bridgehead atoms. The van der Waals surface area contributed by atoms with Crippen molar-refractivity contribution < 1.29 is 9.59 Å². The summed E-state index contributed by atoms with van der Waals surface area (Å²) in [5, 5.41) is 0. The fraction of sp³-hybridized carbons (Fsp3) is 0.846. The van der Waals surface area contributed by atoms with E-state index in [1.54, 1.807) is 0 Å². The predicted molar refractivity (Wildman–Crippen MR) is 64.1 cm³/mol. The van der Waals surface area contributed by atoms with Gasteiger partial charge in [0.2, 0.25) is 5.91 Å². The summed E-state index contributed by atoms with van der Waals surface area (Å²) in [5.41, 5.74) is 0. The van der Waals surface area contributed by atoms with Gasteiger partial charge in [0, 0.05) is 25.9 Å². The van der Waals surface area contributed by atoms with E-state index in [2.05, 4.69) is 13.8 Å². The van der Waals surface area contributed by atoms with Crippen LogP contribution in [0.2, 0.25) is 0 Å². The molecular formula is C13H23NO2. The molecule has 16 heavy (non-hydrogen) atoms. The van der Waals surface area contributed by atoms with Crippen LogP contribution in [-0.4, -0.2) is 29.7 Å². The van der Waals surface area contributed by atoms with Crippen LogP contribution in [0.15, 0.2) is 0 Å². The first-order chi connectivity index (χ1) is 7.50. The average Bonchev–Trinajstić information content (AvgIpc) is 2.26. The lowest BCUT2D eigenvalue weighted by molar-refractivity contribution is -0.134. The number of hydrogen-bond donors (Lipinski definition) is 0. The molecule has 1 rings (SSSR count). The van der Waals surface area contributed by atoms with Crippen LogP contribution >= 0.6 is 0 Å². The van der Waals surface area contributed by atoms with Crippen molar-refractivity contribution in [1.29, 1.82) is 0 Å². The van der Waals surface area contributed by atoms with Crippen molar-refractivity contribution >= 4 is 11.7 Å². The van der Waals surface area contributed by atoms with Gasteiger partial charge in [-0.15, -0.1) is 0 Å². The summed E-state index contributed by atoms with van der Waals surface area (Å²) in [5.74, 6) is 1.73. The summed E-state index contributed by atoms with van der Waals surface area (Å²) in [6.45, 7) is 7.78. The highest BCUT2D eigenvalue weighted by molar-refractivity contribution is 5.83. The Morgan fingerprint density at radius 3 is 2.19 bits per heavy atom. The van der Waals surface area contributed by atoms with Gasteiger partial charge in [-0.2, -0.15) is 0 Å². The number of Topliss-reactive ketones (excluding diaryl/α,β-unsaturated/α-hetero) is 1. The third-order valence-electron chi connectivity index (χ3n) is 3.53. The number of ketones is 1. The Kier molecular flexibility index (Phi) is 4.97. The maximum absolute atomic E-state index is 11.8. The number of carbonyl (C=O) groups is 2. The molecule has 3 nitrogen and oxygen atoms in total. The van der Waals surface area contributed by atoms with Gasteiger partial charge in [0.05, 0.1) is 0 Å². The molecule has 0 spiro atoms. The molecule has 0 aliphatic carbocycles. The lowest BCUT2D eigenvalue weighted by atomic mass is 9.86. The predicted octanol–water partition coefficient (Wildman–Crippen LogP) is 2.25. The van der Waals surface area contributed by atoms with E-state index in [1.165, 1.54) is 6.92 Å². The number of amides is 1. The highest BCUT2D eigenvalue weighted by Crippen LogP contribution is 2.24. The minimum absolute atomic E-state index is 0.102. The van der Waals surface area contributed by atoms with E-state index in [4.69, 9.17) is 0 Å². The molecule has 0 aromatic heterocycles. The van der Waals surface area contributed by atoms with Crippen molar-refractivity contribution in [2.24, 2.45) is 11.8 Å². The molecule has 0 radical (unpaired) electrons. The zero-order valence-corrected chi connectivity index (χ0v) is 10.7. The molecule has 0 N–H and O–H groups in total. The lowest BCUT2D eigenvalue weighted by Crippen LogP contribution is -2.39. The molecule has 1 saturated heterocycles. The molecule has 3 heteroatoms. The van der Waals surface area contributed by atoms with Crippen LogP contribution in [0.4, 0.5) is 0 Å². The molecule has 0 atom stereocenters. The minimum Gasteiger partial charge on any atom is -0.343 e. The highest BCUT2D eigenvalue weighted by atomic mass is 16.2. The Balaban J connectivity index is 2.30. The van der Waals surface area contributed by atoms with Crippen LogP contribution in [-0.2, 0) is 9.59 Å². The van der Waals surface area contributed by atoms with E-state index in [0.717, 1.165) is 37.8 Å². The molecule has 0 aromatic rings. The van der Waals surface area contributed by atoms with Gasteiger partial charge in [-0.1, -0.05) is 13.8 Å². The van der Waals surface area contributed by atoms with Gasteiger partial charge in [-0.05, 0) is 31.6 Å². The Hall–Kier alpha value is -0.860. The van der Waals surface area contributed by atoms with Gasteiger partial charge >= 0.3 is 0 Å². The van der Waals surface area contributed by atoms with E-state index in [1.807, 2.05) is 4.90 Å². The van der Waals surface area contributed by atoms with Crippen LogP contribution in [0.1, 0.15) is 46.5 Å². The number of rotatable bonds is 4. The van der Waals surface area contributed by atoms with E-state index in [-0.39, 0.29) is 11.7 Å². The number of piperidine rings is 1. The van der Waals surface area contributed by atoms with Gasteiger partial charge in [0.25, 0.3) is 0 Å². The van der Waals surface area contributed by atoms with Gasteiger partial charge in [-0.3, -0.25) is 4.79 Å². The normalized spacial score (nSPS) is 17.9. The molecule has 1 aliphatic heterocycles. The van der Waals surface area contributed by atoms with Gasteiger partial charge in [0.15, 0.2) is 0 Å². The second kappa shape index (κ2) is 6.02. The molecule has 0 unspecified atom stereocenters. The fourth-order valence-electron chi connectivity index (χ4n) is 2.26. The lowest BCUT2D eigenvalue weighted by Gasteiger charge is -2.33. The highest BCUT2D eigenvalue weighted by Gasteiger charge is 2.24. The van der Waals surface area contributed by atoms with Crippen molar-refractivity contribution in [2.45, 2.75) is 46.5 Å². The zero-order valence-electron chi connectivity index (χ0n) is 10.7. The van der Waals surface area contributed by atoms with E-state index < -0.39 is 0 Å².